The number of H-pyrrole nitrogens is 1. The van der Waals surface area contributed by atoms with Gasteiger partial charge in [0.2, 0.25) is 17.7 Å². The van der Waals surface area contributed by atoms with Crippen LogP contribution in [0.4, 0.5) is 0 Å². The molecule has 0 radical (unpaired) electrons. The number of aromatic amines is 1. The highest BCUT2D eigenvalue weighted by atomic mass is 16.4. The molecule has 12 nitrogen and oxygen atoms in total. The second kappa shape index (κ2) is 10.2. The standard InChI is InChI=1S/C15H24N6O6/c1-7(16)12(23)20-10(3-9-4-17-6-18-9)13(24)21-11(5-22)14(25)19-8(2)15(26)27/h4,6-8,10-11,22H,3,5,16H2,1-2H3,(H,17,18)(H,19,25)(H,20,23)(H,21,24)(H,26,27). The lowest BCUT2D eigenvalue weighted by atomic mass is 10.1. The molecule has 4 atom stereocenters. The number of aliphatic carboxylic acids is 1. The summed E-state index contributed by atoms with van der Waals surface area (Å²) in [4.78, 5) is 53.8. The molecule has 8 N–H and O–H groups in total. The minimum atomic E-state index is -1.39. The number of imidazole rings is 1. The van der Waals surface area contributed by atoms with Crippen LogP contribution in [0, 0.1) is 0 Å². The van der Waals surface area contributed by atoms with Gasteiger partial charge < -0.3 is 36.9 Å². The predicted octanol–water partition coefficient (Wildman–Crippen LogP) is -3.15. The Morgan fingerprint density at radius 2 is 1.70 bits per heavy atom. The van der Waals surface area contributed by atoms with Crippen LogP contribution in [0.5, 0.6) is 0 Å². The average molecular weight is 384 g/mol. The summed E-state index contributed by atoms with van der Waals surface area (Å²) in [6.07, 6.45) is 2.90. The van der Waals surface area contributed by atoms with Crippen LogP contribution in [0.1, 0.15) is 19.5 Å². The number of carbonyl (C=O) groups excluding carboxylic acids is 3. The topological polar surface area (TPSA) is 200 Å². The third kappa shape index (κ3) is 7.03. The van der Waals surface area contributed by atoms with Crippen LogP contribution in [0.15, 0.2) is 12.5 Å². The summed E-state index contributed by atoms with van der Waals surface area (Å²) in [6, 6.07) is -4.56. The van der Waals surface area contributed by atoms with Crippen molar-refractivity contribution in [1.82, 2.24) is 25.9 Å². The summed E-state index contributed by atoms with van der Waals surface area (Å²) in [6.45, 7) is 1.92. The summed E-state index contributed by atoms with van der Waals surface area (Å²) in [5.74, 6) is -3.48. The Kier molecular flexibility index (Phi) is 8.35. The number of carbonyl (C=O) groups is 4. The van der Waals surface area contributed by atoms with E-state index >= 15 is 0 Å². The zero-order chi connectivity index (χ0) is 20.6. The van der Waals surface area contributed by atoms with Crippen LogP contribution >= 0.6 is 0 Å². The van der Waals surface area contributed by atoms with E-state index in [9.17, 15) is 24.3 Å². The largest absolute Gasteiger partial charge is 0.480 e. The molecule has 150 valence electrons. The lowest BCUT2D eigenvalue weighted by Gasteiger charge is -2.23. The third-order valence-electron chi connectivity index (χ3n) is 3.57. The monoisotopic (exact) mass is 384 g/mol. The molecule has 0 aromatic carbocycles. The number of carboxylic acid groups (broad SMARTS) is 1. The number of carboxylic acids is 1. The Balaban J connectivity index is 2.83. The van der Waals surface area contributed by atoms with Gasteiger partial charge >= 0.3 is 5.97 Å². The molecule has 0 saturated carbocycles. The first-order valence-electron chi connectivity index (χ1n) is 8.13. The first-order chi connectivity index (χ1) is 12.6. The van der Waals surface area contributed by atoms with Crippen LogP contribution in [-0.2, 0) is 25.6 Å². The number of rotatable bonds is 10. The molecule has 1 aromatic rings. The fourth-order valence-corrected chi connectivity index (χ4v) is 1.97. The first-order valence-corrected chi connectivity index (χ1v) is 8.13. The minimum Gasteiger partial charge on any atom is -0.480 e. The zero-order valence-electron chi connectivity index (χ0n) is 14.9. The second-order valence-corrected chi connectivity index (χ2v) is 5.94. The van der Waals surface area contributed by atoms with E-state index in [0.29, 0.717) is 5.69 Å². The molecule has 0 bridgehead atoms. The van der Waals surface area contributed by atoms with E-state index in [2.05, 4.69) is 25.9 Å². The number of nitrogens with one attached hydrogen (secondary N) is 4. The summed E-state index contributed by atoms with van der Waals surface area (Å²) >= 11 is 0. The van der Waals surface area contributed by atoms with Gasteiger partial charge in [0, 0.05) is 18.3 Å². The number of nitrogens with zero attached hydrogens (tertiary/aromatic N) is 1. The molecular formula is C15H24N6O6. The van der Waals surface area contributed by atoms with E-state index in [1.807, 2.05) is 0 Å². The van der Waals surface area contributed by atoms with Gasteiger partial charge in [-0.2, -0.15) is 0 Å². The predicted molar refractivity (Wildman–Crippen MR) is 92.1 cm³/mol. The Bertz CT molecular complexity index is 662. The van der Waals surface area contributed by atoms with Gasteiger partial charge in [-0.1, -0.05) is 0 Å². The summed E-state index contributed by atoms with van der Waals surface area (Å²) < 4.78 is 0. The van der Waals surface area contributed by atoms with E-state index in [1.165, 1.54) is 26.4 Å². The molecule has 0 spiro atoms. The highest BCUT2D eigenvalue weighted by Crippen LogP contribution is 2.01. The summed E-state index contributed by atoms with van der Waals surface area (Å²) in [5.41, 5.74) is 6.04. The number of aliphatic hydroxyl groups is 1. The van der Waals surface area contributed by atoms with Crippen molar-refractivity contribution in [2.75, 3.05) is 6.61 Å². The fourth-order valence-electron chi connectivity index (χ4n) is 1.97. The van der Waals surface area contributed by atoms with Crippen molar-refractivity contribution < 1.29 is 29.4 Å². The van der Waals surface area contributed by atoms with Crippen LogP contribution in [0.3, 0.4) is 0 Å². The van der Waals surface area contributed by atoms with Gasteiger partial charge in [-0.25, -0.2) is 4.98 Å². The van der Waals surface area contributed by atoms with Crippen LogP contribution < -0.4 is 21.7 Å². The van der Waals surface area contributed by atoms with E-state index < -0.39 is 54.5 Å². The zero-order valence-corrected chi connectivity index (χ0v) is 14.9. The molecule has 12 heteroatoms. The van der Waals surface area contributed by atoms with Crippen molar-refractivity contribution in [2.24, 2.45) is 5.73 Å². The van der Waals surface area contributed by atoms with E-state index in [1.54, 1.807) is 0 Å². The molecule has 1 heterocycles. The van der Waals surface area contributed by atoms with Crippen molar-refractivity contribution in [3.63, 3.8) is 0 Å². The maximum absolute atomic E-state index is 12.5. The summed E-state index contributed by atoms with van der Waals surface area (Å²) in [7, 11) is 0. The Hall–Kier alpha value is -2.99. The number of hydrogen-bond acceptors (Lipinski definition) is 7. The van der Waals surface area contributed by atoms with Gasteiger partial charge in [0.15, 0.2) is 0 Å². The fraction of sp³-hybridized carbons (Fsp3) is 0.533. The lowest BCUT2D eigenvalue weighted by molar-refractivity contribution is -0.142. The maximum Gasteiger partial charge on any atom is 0.325 e. The molecule has 0 fully saturated rings. The smallest absolute Gasteiger partial charge is 0.325 e. The number of amides is 3. The minimum absolute atomic E-state index is 0.0373. The van der Waals surface area contributed by atoms with Gasteiger partial charge in [0.25, 0.3) is 0 Å². The van der Waals surface area contributed by atoms with Crippen LogP contribution in [-0.4, -0.2) is 74.6 Å². The molecule has 3 amide bonds. The van der Waals surface area contributed by atoms with Gasteiger partial charge in [0.1, 0.15) is 18.1 Å². The number of aromatic nitrogens is 2. The van der Waals surface area contributed by atoms with Crippen molar-refractivity contribution >= 4 is 23.7 Å². The van der Waals surface area contributed by atoms with Gasteiger partial charge in [-0.15, -0.1) is 0 Å². The van der Waals surface area contributed by atoms with Gasteiger partial charge in [-0.05, 0) is 13.8 Å². The van der Waals surface area contributed by atoms with Crippen molar-refractivity contribution in [3.8, 4) is 0 Å². The molecule has 0 aliphatic heterocycles. The second-order valence-electron chi connectivity index (χ2n) is 5.94. The van der Waals surface area contributed by atoms with Crippen LogP contribution in [0.2, 0.25) is 0 Å². The quantitative estimate of drug-likeness (QED) is 0.219. The Morgan fingerprint density at radius 3 is 2.19 bits per heavy atom. The number of hydrogen-bond donors (Lipinski definition) is 7. The highest BCUT2D eigenvalue weighted by Gasteiger charge is 2.28. The maximum atomic E-state index is 12.5. The highest BCUT2D eigenvalue weighted by molar-refractivity contribution is 5.94. The van der Waals surface area contributed by atoms with E-state index in [-0.39, 0.29) is 6.42 Å². The van der Waals surface area contributed by atoms with Crippen molar-refractivity contribution in [2.45, 2.75) is 44.4 Å². The summed E-state index contributed by atoms with van der Waals surface area (Å²) in [5, 5.41) is 25.1. The van der Waals surface area contributed by atoms with E-state index in [4.69, 9.17) is 10.8 Å². The molecular weight excluding hydrogens is 360 g/mol. The molecule has 1 rings (SSSR count). The van der Waals surface area contributed by atoms with Gasteiger partial charge in [0.05, 0.1) is 19.0 Å². The lowest BCUT2D eigenvalue weighted by Crippen LogP contribution is -2.58. The number of aliphatic hydroxyl groups excluding tert-OH is 1. The van der Waals surface area contributed by atoms with E-state index in [0.717, 1.165) is 0 Å². The number of nitrogens with two attached hydrogens (primary N) is 1. The normalized spacial score (nSPS) is 15.1. The SMILES string of the molecule is CC(N)C(=O)NC(Cc1cnc[nH]1)C(=O)NC(CO)C(=O)NC(C)C(=O)O. The third-order valence-corrected chi connectivity index (χ3v) is 3.57. The molecule has 0 saturated heterocycles. The molecule has 4 unspecified atom stereocenters. The van der Waals surface area contributed by atoms with Crippen LogP contribution in [0.25, 0.3) is 0 Å². The first kappa shape index (κ1) is 22.1. The average Bonchev–Trinajstić information content (AvgIpc) is 3.11. The Morgan fingerprint density at radius 1 is 1.11 bits per heavy atom. The Labute approximate surface area is 154 Å². The van der Waals surface area contributed by atoms with Crippen molar-refractivity contribution in [3.05, 3.63) is 18.2 Å². The molecule has 0 aliphatic carbocycles. The molecule has 1 aromatic heterocycles. The van der Waals surface area contributed by atoms with Gasteiger partial charge in [-0.3, -0.25) is 19.2 Å². The molecule has 0 aliphatic rings. The van der Waals surface area contributed by atoms with Crippen molar-refractivity contribution in [1.29, 1.82) is 0 Å². The molecule has 27 heavy (non-hydrogen) atoms.